The number of hydrogen-bond acceptors (Lipinski definition) is 5. The van der Waals surface area contributed by atoms with Crippen LogP contribution in [0.2, 0.25) is 0 Å². The van der Waals surface area contributed by atoms with E-state index in [-0.39, 0.29) is 16.0 Å². The Hall–Kier alpha value is -3.31. The molecule has 0 spiro atoms. The second-order valence-electron chi connectivity index (χ2n) is 8.78. The Bertz CT molecular complexity index is 1420. The highest BCUT2D eigenvalue weighted by Gasteiger charge is 2.57. The number of aromatic nitrogens is 1. The summed E-state index contributed by atoms with van der Waals surface area (Å²) < 4.78 is 6.06. The Morgan fingerprint density at radius 3 is 2.69 bits per heavy atom. The van der Waals surface area contributed by atoms with Crippen LogP contribution in [-0.4, -0.2) is 19.9 Å². The first kappa shape index (κ1) is 19.4. The summed E-state index contributed by atoms with van der Waals surface area (Å²) in [6.07, 6.45) is 1.01. The van der Waals surface area contributed by atoms with Gasteiger partial charge in [-0.1, -0.05) is 60.3 Å². The lowest BCUT2D eigenvalue weighted by Crippen LogP contribution is -2.36. The van der Waals surface area contributed by atoms with Gasteiger partial charge in [0.15, 0.2) is 0 Å². The molecule has 0 saturated heterocycles. The van der Waals surface area contributed by atoms with E-state index < -0.39 is 0 Å². The van der Waals surface area contributed by atoms with Gasteiger partial charge in [-0.3, -0.25) is 4.99 Å². The van der Waals surface area contributed by atoms with E-state index in [0.29, 0.717) is 17.1 Å². The van der Waals surface area contributed by atoms with Crippen LogP contribution in [0.25, 0.3) is 10.9 Å². The number of benzene rings is 3. The molecule has 0 amide bonds. The number of thioether (sulfide) groups is 1. The van der Waals surface area contributed by atoms with Gasteiger partial charge >= 0.3 is 0 Å². The largest absolute Gasteiger partial charge is 0.506 e. The monoisotopic (exact) mass is 438 g/mol. The second-order valence-corrected chi connectivity index (χ2v) is 10.3. The topological polar surface area (TPSA) is 54.7 Å². The Kier molecular flexibility index (Phi) is 4.14. The standard InChI is InChI=1S/C27H22N2O2S/c1-26-16-19-7-3-4-11-21(19)27(26,2)29-25(32-26)18-9-5-10-20(15-18)31-23-14-13-17-8-6-12-22(30)24(17)28-23/h3-15,30H,16H2,1-2H3/t26-,27+/m1/s1. The normalized spacial score (nSPS) is 23.6. The second kappa shape index (κ2) is 6.84. The van der Waals surface area contributed by atoms with E-state index in [9.17, 15) is 5.11 Å². The van der Waals surface area contributed by atoms with Crippen molar-refractivity contribution in [3.05, 3.63) is 95.6 Å². The summed E-state index contributed by atoms with van der Waals surface area (Å²) in [5.41, 5.74) is 4.07. The molecular weight excluding hydrogens is 416 g/mol. The minimum atomic E-state index is -0.238. The van der Waals surface area contributed by atoms with E-state index in [4.69, 9.17) is 9.73 Å². The van der Waals surface area contributed by atoms with Crippen LogP contribution in [0.4, 0.5) is 0 Å². The SMILES string of the molecule is C[C@@]12Cc3ccccc3[C@]1(C)N=C(c1cccc(Oc3ccc4cccc(O)c4n3)c1)S2. The molecule has 0 fully saturated rings. The molecule has 0 saturated carbocycles. The van der Waals surface area contributed by atoms with E-state index in [0.717, 1.165) is 22.4 Å². The molecule has 32 heavy (non-hydrogen) atoms. The maximum Gasteiger partial charge on any atom is 0.219 e. The van der Waals surface area contributed by atoms with Gasteiger partial charge in [0.05, 0.1) is 15.3 Å². The van der Waals surface area contributed by atoms with Gasteiger partial charge in [-0.15, -0.1) is 0 Å². The number of phenolic OH excluding ortho intramolecular Hbond substituents is 1. The molecule has 4 nitrogen and oxygen atoms in total. The quantitative estimate of drug-likeness (QED) is 0.399. The van der Waals surface area contributed by atoms with Crippen LogP contribution in [0, 0.1) is 0 Å². The Labute approximate surface area is 191 Å². The molecule has 1 aliphatic heterocycles. The molecule has 1 N–H and O–H groups in total. The number of fused-ring (bicyclic) bond motifs is 4. The van der Waals surface area contributed by atoms with Crippen molar-refractivity contribution in [1.82, 2.24) is 4.98 Å². The van der Waals surface area contributed by atoms with Crippen molar-refractivity contribution in [2.24, 2.45) is 4.99 Å². The van der Waals surface area contributed by atoms with Crippen molar-refractivity contribution >= 4 is 27.7 Å². The van der Waals surface area contributed by atoms with Crippen molar-refractivity contribution in [3.63, 3.8) is 0 Å². The lowest BCUT2D eigenvalue weighted by atomic mass is 9.86. The van der Waals surface area contributed by atoms with E-state index in [1.54, 1.807) is 12.1 Å². The molecule has 5 heteroatoms. The third-order valence-corrected chi connectivity index (χ3v) is 8.24. The minimum absolute atomic E-state index is 0.000307. The summed E-state index contributed by atoms with van der Waals surface area (Å²) >= 11 is 1.86. The smallest absolute Gasteiger partial charge is 0.219 e. The van der Waals surface area contributed by atoms with Crippen LogP contribution >= 0.6 is 11.8 Å². The lowest BCUT2D eigenvalue weighted by Gasteiger charge is -2.31. The summed E-state index contributed by atoms with van der Waals surface area (Å²) in [6, 6.07) is 25.7. The van der Waals surface area contributed by atoms with Crippen LogP contribution in [-0.2, 0) is 12.0 Å². The summed E-state index contributed by atoms with van der Waals surface area (Å²) in [5, 5.41) is 12.0. The number of aliphatic imine (C=N–C) groups is 1. The molecule has 1 aromatic heterocycles. The fourth-order valence-corrected chi connectivity index (χ4v) is 6.31. The summed E-state index contributed by atoms with van der Waals surface area (Å²) in [7, 11) is 0. The molecule has 0 unspecified atom stereocenters. The highest BCUT2D eigenvalue weighted by Crippen LogP contribution is 2.59. The molecule has 2 aliphatic rings. The van der Waals surface area contributed by atoms with Crippen molar-refractivity contribution in [3.8, 4) is 17.4 Å². The Morgan fingerprint density at radius 1 is 0.938 bits per heavy atom. The van der Waals surface area contributed by atoms with Crippen LogP contribution in [0.15, 0.2) is 83.9 Å². The first-order valence-electron chi connectivity index (χ1n) is 10.7. The molecule has 0 bridgehead atoms. The van der Waals surface area contributed by atoms with Crippen molar-refractivity contribution in [1.29, 1.82) is 0 Å². The maximum absolute atomic E-state index is 10.1. The molecule has 3 aromatic carbocycles. The van der Waals surface area contributed by atoms with Gasteiger partial charge in [-0.2, -0.15) is 0 Å². The van der Waals surface area contributed by atoms with E-state index in [1.807, 2.05) is 48.2 Å². The fraction of sp³-hybridized carbons (Fsp3) is 0.185. The first-order chi connectivity index (χ1) is 15.5. The summed E-state index contributed by atoms with van der Waals surface area (Å²) in [4.78, 5) is 9.72. The fourth-order valence-electron chi connectivity index (χ4n) is 4.83. The van der Waals surface area contributed by atoms with Crippen molar-refractivity contribution in [2.45, 2.75) is 30.6 Å². The molecule has 2 atom stereocenters. The van der Waals surface area contributed by atoms with Gasteiger partial charge in [-0.05, 0) is 55.7 Å². The Morgan fingerprint density at radius 2 is 1.78 bits per heavy atom. The molecule has 6 rings (SSSR count). The Balaban J connectivity index is 1.33. The van der Waals surface area contributed by atoms with Crippen LogP contribution in [0.1, 0.15) is 30.5 Å². The zero-order valence-electron chi connectivity index (χ0n) is 17.9. The van der Waals surface area contributed by atoms with Gasteiger partial charge < -0.3 is 9.84 Å². The van der Waals surface area contributed by atoms with Crippen LogP contribution in [0.5, 0.6) is 17.4 Å². The number of ether oxygens (including phenoxy) is 1. The number of para-hydroxylation sites is 1. The third-order valence-electron chi connectivity index (χ3n) is 6.72. The van der Waals surface area contributed by atoms with E-state index in [2.05, 4.69) is 49.2 Å². The van der Waals surface area contributed by atoms with Crippen LogP contribution < -0.4 is 4.74 Å². The van der Waals surface area contributed by atoms with Crippen molar-refractivity contribution < 1.29 is 9.84 Å². The maximum atomic E-state index is 10.1. The number of phenols is 1. The number of pyridine rings is 1. The van der Waals surface area contributed by atoms with Crippen LogP contribution in [0.3, 0.4) is 0 Å². The average molecular weight is 439 g/mol. The molecule has 0 radical (unpaired) electrons. The van der Waals surface area contributed by atoms with E-state index in [1.165, 1.54) is 11.1 Å². The molecule has 4 aromatic rings. The zero-order chi connectivity index (χ0) is 21.9. The number of aromatic hydroxyl groups is 1. The van der Waals surface area contributed by atoms with Gasteiger partial charge in [-0.25, -0.2) is 4.98 Å². The summed E-state index contributed by atoms with van der Waals surface area (Å²) in [5.74, 6) is 1.29. The third kappa shape index (κ3) is 2.84. The van der Waals surface area contributed by atoms with Gasteiger partial charge in [0.2, 0.25) is 5.88 Å². The number of nitrogens with zero attached hydrogens (tertiary/aromatic N) is 2. The molecule has 2 heterocycles. The number of hydrogen-bond donors (Lipinski definition) is 1. The molecule has 1 aliphatic carbocycles. The van der Waals surface area contributed by atoms with Gasteiger partial charge in [0.25, 0.3) is 0 Å². The lowest BCUT2D eigenvalue weighted by molar-refractivity contribution is 0.413. The van der Waals surface area contributed by atoms with E-state index >= 15 is 0 Å². The highest BCUT2D eigenvalue weighted by atomic mass is 32.2. The average Bonchev–Trinajstić information content (AvgIpc) is 3.17. The minimum Gasteiger partial charge on any atom is -0.506 e. The molecule has 158 valence electrons. The predicted molar refractivity (Wildman–Crippen MR) is 130 cm³/mol. The highest BCUT2D eigenvalue weighted by molar-refractivity contribution is 8.16. The summed E-state index contributed by atoms with van der Waals surface area (Å²) in [6.45, 7) is 4.57. The molecular formula is C27H22N2O2S. The zero-order valence-corrected chi connectivity index (χ0v) is 18.7. The van der Waals surface area contributed by atoms with Crippen molar-refractivity contribution in [2.75, 3.05) is 0 Å². The first-order valence-corrected chi connectivity index (χ1v) is 11.5. The number of rotatable bonds is 3. The van der Waals surface area contributed by atoms with Gasteiger partial charge in [0.1, 0.15) is 17.0 Å². The van der Waals surface area contributed by atoms with Gasteiger partial charge in [0, 0.05) is 17.0 Å². The predicted octanol–water partition coefficient (Wildman–Crippen LogP) is 6.46.